The van der Waals surface area contributed by atoms with Gasteiger partial charge in [-0.3, -0.25) is 5.43 Å². The molecule has 1 unspecified atom stereocenters. The molecule has 8 heteroatoms. The van der Waals surface area contributed by atoms with Crippen molar-refractivity contribution in [1.29, 1.82) is 0 Å². The van der Waals surface area contributed by atoms with Gasteiger partial charge < -0.3 is 20.4 Å². The highest BCUT2D eigenvalue weighted by Gasteiger charge is 2.26. The lowest BCUT2D eigenvalue weighted by molar-refractivity contribution is 0.108. The Balaban J connectivity index is 0.00000272. The molecule has 1 aliphatic rings. The smallest absolute Gasteiger partial charge is 0.160 e. The van der Waals surface area contributed by atoms with Gasteiger partial charge in [-0.25, -0.2) is 5.01 Å². The average molecular weight is 590 g/mol. The minimum absolute atomic E-state index is 0. The second kappa shape index (κ2) is 14.7. The molecule has 0 saturated carbocycles. The molecule has 6 nitrogen and oxygen atoms in total. The molecular formula is C25H38Br2N2O4. The number of fused-ring (bicyclic) bond motifs is 1. The van der Waals surface area contributed by atoms with Crippen LogP contribution in [0.2, 0.25) is 0 Å². The summed E-state index contributed by atoms with van der Waals surface area (Å²) in [4.78, 5) is 0. The standard InChI is InChI=1S/C25H36N2O4.2BrH/c1-2-3-4-5-15-27(26-14-6-7-18-8-12-22(28)24(30)16-18)20-10-11-21-19(17-20)9-13-23(29)25(21)31;;/h8-9,12-13,16,20,26,28-31H,2-7,10-11,14-15,17H2,1H3;2*1H. The van der Waals surface area contributed by atoms with Gasteiger partial charge in [0, 0.05) is 24.7 Å². The van der Waals surface area contributed by atoms with Gasteiger partial charge >= 0.3 is 0 Å². The van der Waals surface area contributed by atoms with E-state index in [1.165, 1.54) is 25.3 Å². The van der Waals surface area contributed by atoms with Crippen molar-refractivity contribution in [1.82, 2.24) is 10.4 Å². The predicted molar refractivity (Wildman–Crippen MR) is 143 cm³/mol. The maximum absolute atomic E-state index is 10.2. The fourth-order valence-corrected chi connectivity index (χ4v) is 4.41. The molecular weight excluding hydrogens is 552 g/mol. The Bertz CT molecular complexity index is 867. The number of hydrogen-bond acceptors (Lipinski definition) is 6. The van der Waals surface area contributed by atoms with Gasteiger partial charge in [-0.05, 0) is 67.9 Å². The van der Waals surface area contributed by atoms with Crippen molar-refractivity contribution in [3.8, 4) is 23.0 Å². The molecule has 0 heterocycles. The third-order valence-corrected chi connectivity index (χ3v) is 6.23. The van der Waals surface area contributed by atoms with Crippen molar-refractivity contribution in [2.75, 3.05) is 13.1 Å². The van der Waals surface area contributed by atoms with E-state index in [0.29, 0.717) is 6.04 Å². The molecule has 1 atom stereocenters. The van der Waals surface area contributed by atoms with Crippen LogP contribution in [0.25, 0.3) is 0 Å². The largest absolute Gasteiger partial charge is 0.504 e. The normalized spacial score (nSPS) is 14.9. The quantitative estimate of drug-likeness (QED) is 0.134. The van der Waals surface area contributed by atoms with Crippen molar-refractivity contribution >= 4 is 34.0 Å². The van der Waals surface area contributed by atoms with Crippen LogP contribution in [0.4, 0.5) is 0 Å². The minimum atomic E-state index is -0.0861. The number of nitrogens with one attached hydrogen (secondary N) is 1. The minimum Gasteiger partial charge on any atom is -0.504 e. The number of phenolic OH excluding ortho intramolecular Hbond substituents is 4. The third kappa shape index (κ3) is 8.35. The lowest BCUT2D eigenvalue weighted by Gasteiger charge is -2.36. The Morgan fingerprint density at radius 1 is 0.909 bits per heavy atom. The van der Waals surface area contributed by atoms with Crippen LogP contribution < -0.4 is 5.43 Å². The zero-order valence-electron chi connectivity index (χ0n) is 19.3. The number of halogens is 2. The highest BCUT2D eigenvalue weighted by Crippen LogP contribution is 2.36. The van der Waals surface area contributed by atoms with E-state index in [4.69, 9.17) is 0 Å². The summed E-state index contributed by atoms with van der Waals surface area (Å²) in [5.41, 5.74) is 6.64. The molecule has 33 heavy (non-hydrogen) atoms. The number of benzene rings is 2. The van der Waals surface area contributed by atoms with E-state index < -0.39 is 0 Å². The average Bonchev–Trinajstić information content (AvgIpc) is 2.77. The first-order chi connectivity index (χ1) is 15.0. The summed E-state index contributed by atoms with van der Waals surface area (Å²) < 4.78 is 0. The maximum atomic E-state index is 10.2. The summed E-state index contributed by atoms with van der Waals surface area (Å²) >= 11 is 0. The first-order valence-corrected chi connectivity index (χ1v) is 11.5. The van der Waals surface area contributed by atoms with Gasteiger partial charge in [0.1, 0.15) is 0 Å². The van der Waals surface area contributed by atoms with Crippen LogP contribution in [0.3, 0.4) is 0 Å². The predicted octanol–water partition coefficient (Wildman–Crippen LogP) is 5.54. The zero-order chi connectivity index (χ0) is 22.2. The molecule has 186 valence electrons. The van der Waals surface area contributed by atoms with Crippen molar-refractivity contribution < 1.29 is 20.4 Å². The summed E-state index contributed by atoms with van der Waals surface area (Å²) in [5, 5.41) is 41.5. The van der Waals surface area contributed by atoms with Gasteiger partial charge in [0.15, 0.2) is 23.0 Å². The fraction of sp³-hybridized carbons (Fsp3) is 0.520. The van der Waals surface area contributed by atoms with Gasteiger partial charge in [-0.2, -0.15) is 0 Å². The van der Waals surface area contributed by atoms with Crippen molar-refractivity contribution in [3.63, 3.8) is 0 Å². The van der Waals surface area contributed by atoms with E-state index in [9.17, 15) is 20.4 Å². The molecule has 0 bridgehead atoms. The highest BCUT2D eigenvalue weighted by molar-refractivity contribution is 8.93. The molecule has 0 radical (unpaired) electrons. The van der Waals surface area contributed by atoms with E-state index in [-0.39, 0.29) is 57.0 Å². The van der Waals surface area contributed by atoms with E-state index in [0.717, 1.165) is 68.3 Å². The molecule has 5 N–H and O–H groups in total. The van der Waals surface area contributed by atoms with Crippen LogP contribution in [-0.2, 0) is 19.3 Å². The molecule has 0 saturated heterocycles. The van der Waals surface area contributed by atoms with Gasteiger partial charge in [0.25, 0.3) is 0 Å². The Morgan fingerprint density at radius 2 is 1.67 bits per heavy atom. The number of rotatable bonds is 11. The molecule has 3 rings (SSSR count). The summed E-state index contributed by atoms with van der Waals surface area (Å²) in [6.45, 7) is 4.04. The molecule has 0 aliphatic heterocycles. The molecule has 0 aromatic heterocycles. The number of hydrogen-bond donors (Lipinski definition) is 5. The summed E-state index contributed by atoms with van der Waals surface area (Å²) in [6, 6.07) is 8.88. The Labute approximate surface area is 218 Å². The van der Waals surface area contributed by atoms with E-state index in [1.807, 2.05) is 12.1 Å². The summed E-state index contributed by atoms with van der Waals surface area (Å²) in [6.07, 6.45) is 9.15. The van der Waals surface area contributed by atoms with Crippen LogP contribution in [0.1, 0.15) is 62.1 Å². The van der Waals surface area contributed by atoms with Crippen molar-refractivity contribution in [2.24, 2.45) is 0 Å². The SMILES string of the molecule is Br.Br.CCCCCCN(NCCCc1ccc(O)c(O)c1)C1CCc2c(ccc(O)c2O)C1. The molecule has 2 aromatic rings. The fourth-order valence-electron chi connectivity index (χ4n) is 4.41. The number of aryl methyl sites for hydroxylation is 1. The second-order valence-corrected chi connectivity index (χ2v) is 8.56. The second-order valence-electron chi connectivity index (χ2n) is 8.56. The molecule has 0 amide bonds. The number of aromatic hydroxyl groups is 4. The number of nitrogens with zero attached hydrogens (tertiary/aromatic N) is 1. The number of unbranched alkanes of at least 4 members (excludes halogenated alkanes) is 3. The lowest BCUT2D eigenvalue weighted by Crippen LogP contribution is -2.49. The van der Waals surface area contributed by atoms with Crippen molar-refractivity contribution in [3.05, 3.63) is 47.0 Å². The molecule has 1 aliphatic carbocycles. The van der Waals surface area contributed by atoms with Crippen LogP contribution in [0, 0.1) is 0 Å². The topological polar surface area (TPSA) is 96.2 Å². The van der Waals surface area contributed by atoms with Crippen LogP contribution >= 0.6 is 34.0 Å². The van der Waals surface area contributed by atoms with Gasteiger partial charge in [-0.15, -0.1) is 34.0 Å². The van der Waals surface area contributed by atoms with E-state index >= 15 is 0 Å². The Kier molecular flexibility index (Phi) is 13.2. The molecule has 0 fully saturated rings. The molecule has 2 aromatic carbocycles. The highest BCUT2D eigenvalue weighted by atomic mass is 79.9. The van der Waals surface area contributed by atoms with Crippen LogP contribution in [-0.4, -0.2) is 44.6 Å². The zero-order valence-corrected chi connectivity index (χ0v) is 22.7. The first kappa shape index (κ1) is 29.6. The van der Waals surface area contributed by atoms with Crippen LogP contribution in [0.5, 0.6) is 23.0 Å². The summed E-state index contributed by atoms with van der Waals surface area (Å²) in [7, 11) is 0. The Hall–Kier alpha value is -1.48. The monoisotopic (exact) mass is 588 g/mol. The summed E-state index contributed by atoms with van der Waals surface area (Å²) in [5.74, 6) is -0.155. The van der Waals surface area contributed by atoms with Gasteiger partial charge in [0.2, 0.25) is 0 Å². The molecule has 0 spiro atoms. The maximum Gasteiger partial charge on any atom is 0.160 e. The van der Waals surface area contributed by atoms with Gasteiger partial charge in [-0.1, -0.05) is 38.3 Å². The lowest BCUT2D eigenvalue weighted by atomic mass is 9.87. The third-order valence-electron chi connectivity index (χ3n) is 6.23. The number of hydrazine groups is 1. The Morgan fingerprint density at radius 3 is 2.39 bits per heavy atom. The van der Waals surface area contributed by atoms with E-state index in [1.54, 1.807) is 12.1 Å². The van der Waals surface area contributed by atoms with E-state index in [2.05, 4.69) is 17.4 Å². The first-order valence-electron chi connectivity index (χ1n) is 11.5. The number of phenols is 4. The van der Waals surface area contributed by atoms with Crippen LogP contribution in [0.15, 0.2) is 30.3 Å². The van der Waals surface area contributed by atoms with Gasteiger partial charge in [0.05, 0.1) is 0 Å². The van der Waals surface area contributed by atoms with Crippen molar-refractivity contribution in [2.45, 2.75) is 70.8 Å².